The molecule has 0 bridgehead atoms. The van der Waals surface area contributed by atoms with Crippen LogP contribution in [0.5, 0.6) is 0 Å². The zero-order chi connectivity index (χ0) is 16.3. The molecule has 134 valence electrons. The predicted octanol–water partition coefficient (Wildman–Crippen LogP) is 1.23. The van der Waals surface area contributed by atoms with Gasteiger partial charge in [0.15, 0.2) is 0 Å². The highest BCUT2D eigenvalue weighted by molar-refractivity contribution is 7.89. The van der Waals surface area contributed by atoms with E-state index in [9.17, 15) is 13.2 Å². The second-order valence-electron chi connectivity index (χ2n) is 6.22. The molecule has 0 aromatic heterocycles. The Balaban J connectivity index is 0.00000208. The van der Waals surface area contributed by atoms with E-state index in [2.05, 4.69) is 10.6 Å². The van der Waals surface area contributed by atoms with E-state index in [4.69, 9.17) is 0 Å². The van der Waals surface area contributed by atoms with Gasteiger partial charge >= 0.3 is 0 Å². The smallest absolute Gasteiger partial charge is 0.251 e. The summed E-state index contributed by atoms with van der Waals surface area (Å²) in [5.41, 5.74) is 0.495. The average molecular weight is 374 g/mol. The lowest BCUT2D eigenvalue weighted by molar-refractivity contribution is 0.0942. The van der Waals surface area contributed by atoms with Crippen LogP contribution in [0.1, 0.15) is 29.6 Å². The summed E-state index contributed by atoms with van der Waals surface area (Å²) in [7, 11) is -3.43. The molecule has 1 aromatic rings. The second kappa shape index (κ2) is 8.29. The topological polar surface area (TPSA) is 78.5 Å². The van der Waals surface area contributed by atoms with E-state index >= 15 is 0 Å². The Morgan fingerprint density at radius 3 is 2.29 bits per heavy atom. The highest BCUT2D eigenvalue weighted by atomic mass is 35.5. The summed E-state index contributed by atoms with van der Waals surface area (Å²) in [4.78, 5) is 12.3. The molecule has 0 atom stereocenters. The van der Waals surface area contributed by atoms with Crippen molar-refractivity contribution in [3.8, 4) is 0 Å². The van der Waals surface area contributed by atoms with Crippen molar-refractivity contribution in [2.24, 2.45) is 5.92 Å². The fourth-order valence-corrected chi connectivity index (χ4v) is 4.38. The van der Waals surface area contributed by atoms with Gasteiger partial charge in [-0.2, -0.15) is 4.31 Å². The summed E-state index contributed by atoms with van der Waals surface area (Å²) in [6.45, 7) is 3.69. The molecule has 0 spiro atoms. The molecule has 8 heteroatoms. The van der Waals surface area contributed by atoms with Crippen molar-refractivity contribution >= 4 is 28.3 Å². The van der Waals surface area contributed by atoms with Crippen LogP contribution >= 0.6 is 12.4 Å². The summed E-state index contributed by atoms with van der Waals surface area (Å²) >= 11 is 0. The number of benzene rings is 1. The van der Waals surface area contributed by atoms with Crippen molar-refractivity contribution < 1.29 is 13.2 Å². The van der Waals surface area contributed by atoms with E-state index in [0.29, 0.717) is 31.1 Å². The Kier molecular flexibility index (Phi) is 6.62. The number of carbonyl (C=O) groups is 1. The van der Waals surface area contributed by atoms with Gasteiger partial charge in [-0.25, -0.2) is 8.42 Å². The number of amides is 1. The van der Waals surface area contributed by atoms with Crippen LogP contribution in [0.15, 0.2) is 29.2 Å². The van der Waals surface area contributed by atoms with Gasteiger partial charge in [-0.3, -0.25) is 4.79 Å². The third-order valence-corrected chi connectivity index (χ3v) is 6.40. The lowest BCUT2D eigenvalue weighted by atomic mass is 10.0. The van der Waals surface area contributed by atoms with Crippen LogP contribution in [0.25, 0.3) is 0 Å². The van der Waals surface area contributed by atoms with Crippen molar-refractivity contribution in [3.63, 3.8) is 0 Å². The molecule has 3 rings (SSSR count). The third kappa shape index (κ3) is 4.27. The van der Waals surface area contributed by atoms with Gasteiger partial charge in [0.1, 0.15) is 0 Å². The Labute approximate surface area is 149 Å². The standard InChI is InChI=1S/C16H23N3O3S.ClH/c20-16(18-12-13-10-17-11-13)14-4-6-15(7-5-14)23(21,22)19-8-2-1-3-9-19;/h4-7,13,17H,1-3,8-12H2,(H,18,20);1H. The maximum atomic E-state index is 12.5. The first-order valence-electron chi connectivity index (χ1n) is 8.16. The van der Waals surface area contributed by atoms with Crippen LogP contribution in [-0.2, 0) is 10.0 Å². The fourth-order valence-electron chi connectivity index (χ4n) is 2.86. The summed E-state index contributed by atoms with van der Waals surface area (Å²) in [5.74, 6) is 0.344. The van der Waals surface area contributed by atoms with Crippen LogP contribution in [0.4, 0.5) is 0 Å². The van der Waals surface area contributed by atoms with Crippen LogP contribution in [0.2, 0.25) is 0 Å². The van der Waals surface area contributed by atoms with E-state index in [0.717, 1.165) is 32.4 Å². The second-order valence-corrected chi connectivity index (χ2v) is 8.16. The number of hydrogen-bond acceptors (Lipinski definition) is 4. The number of carbonyl (C=O) groups excluding carboxylic acids is 1. The maximum Gasteiger partial charge on any atom is 0.251 e. The summed E-state index contributed by atoms with van der Waals surface area (Å²) in [6.07, 6.45) is 2.91. The normalized spacial score (nSPS) is 19.2. The van der Waals surface area contributed by atoms with Crippen molar-refractivity contribution in [3.05, 3.63) is 29.8 Å². The SMILES string of the molecule is Cl.O=C(NCC1CNC1)c1ccc(S(=O)(=O)N2CCCCC2)cc1. The molecule has 0 saturated carbocycles. The van der Waals surface area contributed by atoms with Crippen molar-refractivity contribution in [2.75, 3.05) is 32.7 Å². The Hall–Kier alpha value is -1.15. The van der Waals surface area contributed by atoms with Crippen LogP contribution in [0.3, 0.4) is 0 Å². The lowest BCUT2D eigenvalue weighted by Crippen LogP contribution is -2.48. The summed E-state index contributed by atoms with van der Waals surface area (Å²) < 4.78 is 26.6. The number of piperidine rings is 1. The molecule has 6 nitrogen and oxygen atoms in total. The van der Waals surface area contributed by atoms with Gasteiger partial charge < -0.3 is 10.6 Å². The van der Waals surface area contributed by atoms with Gasteiger partial charge in [0.25, 0.3) is 5.91 Å². The molecule has 0 aliphatic carbocycles. The van der Waals surface area contributed by atoms with Gasteiger partial charge in [0.2, 0.25) is 10.0 Å². The molecule has 0 unspecified atom stereocenters. The van der Waals surface area contributed by atoms with Crippen molar-refractivity contribution in [1.29, 1.82) is 0 Å². The van der Waals surface area contributed by atoms with Crippen LogP contribution in [-0.4, -0.2) is 51.4 Å². The minimum absolute atomic E-state index is 0. The van der Waals surface area contributed by atoms with Crippen LogP contribution < -0.4 is 10.6 Å². The highest BCUT2D eigenvalue weighted by Gasteiger charge is 2.26. The van der Waals surface area contributed by atoms with Crippen molar-refractivity contribution in [2.45, 2.75) is 24.2 Å². The lowest BCUT2D eigenvalue weighted by Gasteiger charge is -2.27. The van der Waals surface area contributed by atoms with E-state index in [-0.39, 0.29) is 23.2 Å². The Morgan fingerprint density at radius 1 is 1.12 bits per heavy atom. The molecule has 1 aromatic carbocycles. The van der Waals surface area contributed by atoms with Crippen LogP contribution in [0, 0.1) is 5.92 Å². The van der Waals surface area contributed by atoms with E-state index in [1.165, 1.54) is 16.4 Å². The maximum absolute atomic E-state index is 12.5. The number of rotatable bonds is 5. The minimum Gasteiger partial charge on any atom is -0.352 e. The molecule has 1 amide bonds. The van der Waals surface area contributed by atoms with Gasteiger partial charge in [0.05, 0.1) is 4.90 Å². The molecular weight excluding hydrogens is 350 g/mol. The van der Waals surface area contributed by atoms with Gasteiger partial charge in [-0.05, 0) is 37.1 Å². The molecule has 2 aliphatic rings. The Morgan fingerprint density at radius 2 is 1.75 bits per heavy atom. The van der Waals surface area contributed by atoms with E-state index in [1.54, 1.807) is 12.1 Å². The minimum atomic E-state index is -3.43. The van der Waals surface area contributed by atoms with Crippen molar-refractivity contribution in [1.82, 2.24) is 14.9 Å². The highest BCUT2D eigenvalue weighted by Crippen LogP contribution is 2.20. The zero-order valence-corrected chi connectivity index (χ0v) is 15.2. The largest absolute Gasteiger partial charge is 0.352 e. The fraction of sp³-hybridized carbons (Fsp3) is 0.562. The van der Waals surface area contributed by atoms with Gasteiger partial charge in [-0.1, -0.05) is 6.42 Å². The molecule has 2 N–H and O–H groups in total. The number of nitrogens with one attached hydrogen (secondary N) is 2. The summed E-state index contributed by atoms with van der Waals surface area (Å²) in [6, 6.07) is 6.24. The number of hydrogen-bond donors (Lipinski definition) is 2. The molecule has 2 fully saturated rings. The van der Waals surface area contributed by atoms with Gasteiger partial charge in [0, 0.05) is 44.2 Å². The molecular formula is C16H24ClN3O3S. The first kappa shape index (κ1) is 19.2. The number of nitrogens with zero attached hydrogens (tertiary/aromatic N) is 1. The average Bonchev–Trinajstić information content (AvgIpc) is 2.54. The first-order chi connectivity index (χ1) is 11.1. The number of halogens is 1. The number of sulfonamides is 1. The third-order valence-electron chi connectivity index (χ3n) is 4.49. The Bertz CT molecular complexity index is 654. The molecule has 2 aliphatic heterocycles. The zero-order valence-electron chi connectivity index (χ0n) is 13.5. The van der Waals surface area contributed by atoms with E-state index < -0.39 is 10.0 Å². The first-order valence-corrected chi connectivity index (χ1v) is 9.60. The molecule has 24 heavy (non-hydrogen) atoms. The quantitative estimate of drug-likeness (QED) is 0.813. The monoisotopic (exact) mass is 373 g/mol. The van der Waals surface area contributed by atoms with E-state index in [1.807, 2.05) is 0 Å². The predicted molar refractivity (Wildman–Crippen MR) is 95.0 cm³/mol. The molecule has 2 heterocycles. The summed E-state index contributed by atoms with van der Waals surface area (Å²) in [5, 5.41) is 6.04. The molecule has 0 radical (unpaired) electrons. The van der Waals surface area contributed by atoms with Gasteiger partial charge in [-0.15, -0.1) is 12.4 Å². The molecule has 2 saturated heterocycles.